The quantitative estimate of drug-likeness (QED) is 0.894. The number of benzene rings is 1. The van der Waals surface area contributed by atoms with E-state index in [2.05, 4.69) is 23.5 Å². The topological polar surface area (TPSA) is 41.5 Å². The Labute approximate surface area is 127 Å². The van der Waals surface area contributed by atoms with E-state index in [0.29, 0.717) is 12.0 Å². The van der Waals surface area contributed by atoms with Crippen molar-refractivity contribution >= 4 is 0 Å². The Bertz CT molecular complexity index is 474. The number of aliphatic hydroxyl groups is 1. The average molecular weight is 289 g/mol. The molecule has 0 aliphatic heterocycles. The van der Waals surface area contributed by atoms with E-state index in [1.165, 1.54) is 43.2 Å². The molecule has 1 aromatic carbocycles. The summed E-state index contributed by atoms with van der Waals surface area (Å²) in [7, 11) is 1.73. The molecule has 1 saturated carbocycles. The lowest BCUT2D eigenvalue weighted by molar-refractivity contribution is 0.0993. The largest absolute Gasteiger partial charge is 0.497 e. The van der Waals surface area contributed by atoms with Crippen molar-refractivity contribution in [2.24, 2.45) is 5.92 Å². The number of fused-ring (bicyclic) bond motifs is 1. The summed E-state index contributed by atoms with van der Waals surface area (Å²) in [6.07, 6.45) is 7.93. The third-order valence-corrected chi connectivity index (χ3v) is 5.08. The van der Waals surface area contributed by atoms with Gasteiger partial charge in [-0.05, 0) is 74.2 Å². The Balaban J connectivity index is 1.64. The molecule has 0 spiro atoms. The molecule has 0 amide bonds. The minimum absolute atomic E-state index is 0.0794. The highest BCUT2D eigenvalue weighted by Crippen LogP contribution is 2.33. The van der Waals surface area contributed by atoms with Crippen LogP contribution in [0.4, 0.5) is 0 Å². The number of aryl methyl sites for hydroxylation is 1. The van der Waals surface area contributed by atoms with Crippen LogP contribution >= 0.6 is 0 Å². The molecule has 3 atom stereocenters. The van der Waals surface area contributed by atoms with Gasteiger partial charge < -0.3 is 15.2 Å². The molecule has 3 heteroatoms. The molecule has 0 heterocycles. The fourth-order valence-electron chi connectivity index (χ4n) is 3.87. The summed E-state index contributed by atoms with van der Waals surface area (Å²) in [4.78, 5) is 0. The van der Waals surface area contributed by atoms with Crippen molar-refractivity contribution in [3.05, 3.63) is 29.3 Å². The molecule has 0 saturated heterocycles. The lowest BCUT2D eigenvalue weighted by atomic mass is 9.85. The molecule has 2 aliphatic carbocycles. The Morgan fingerprint density at radius 3 is 2.95 bits per heavy atom. The van der Waals surface area contributed by atoms with Gasteiger partial charge in [0.1, 0.15) is 5.75 Å². The van der Waals surface area contributed by atoms with Gasteiger partial charge in [0.05, 0.1) is 13.2 Å². The molecule has 1 fully saturated rings. The maximum atomic E-state index is 9.80. The number of hydrogen-bond acceptors (Lipinski definition) is 3. The maximum Gasteiger partial charge on any atom is 0.119 e. The summed E-state index contributed by atoms with van der Waals surface area (Å²) in [5, 5.41) is 13.6. The van der Waals surface area contributed by atoms with Crippen molar-refractivity contribution in [2.75, 3.05) is 13.7 Å². The van der Waals surface area contributed by atoms with E-state index in [0.717, 1.165) is 25.1 Å². The van der Waals surface area contributed by atoms with Crippen LogP contribution in [0, 0.1) is 5.92 Å². The molecule has 2 aliphatic rings. The molecule has 0 bridgehead atoms. The van der Waals surface area contributed by atoms with Gasteiger partial charge in [0.2, 0.25) is 0 Å². The van der Waals surface area contributed by atoms with E-state index in [4.69, 9.17) is 4.74 Å². The van der Waals surface area contributed by atoms with Crippen LogP contribution in [-0.4, -0.2) is 24.9 Å². The van der Waals surface area contributed by atoms with Crippen molar-refractivity contribution in [1.82, 2.24) is 5.32 Å². The first-order valence-corrected chi connectivity index (χ1v) is 8.34. The SMILES string of the molecule is COc1ccc2c(c1)C(NCC1CCCC(O)C1)CCC2. The van der Waals surface area contributed by atoms with Crippen LogP contribution in [0.15, 0.2) is 18.2 Å². The normalized spacial score (nSPS) is 29.0. The molecule has 0 radical (unpaired) electrons. The molecule has 1 aromatic rings. The number of hydrogen-bond donors (Lipinski definition) is 2. The van der Waals surface area contributed by atoms with E-state index in [1.807, 2.05) is 0 Å². The number of ether oxygens (including phenoxy) is 1. The number of methoxy groups -OCH3 is 1. The molecule has 3 rings (SSSR count). The molecular formula is C18H27NO2. The summed E-state index contributed by atoms with van der Waals surface area (Å²) in [6, 6.07) is 6.93. The number of aliphatic hydroxyl groups excluding tert-OH is 1. The van der Waals surface area contributed by atoms with Crippen LogP contribution in [0.25, 0.3) is 0 Å². The van der Waals surface area contributed by atoms with Gasteiger partial charge in [0.15, 0.2) is 0 Å². The minimum atomic E-state index is -0.0794. The van der Waals surface area contributed by atoms with Crippen molar-refractivity contribution in [3.63, 3.8) is 0 Å². The molecule has 3 unspecified atom stereocenters. The van der Waals surface area contributed by atoms with E-state index in [-0.39, 0.29) is 6.10 Å². The van der Waals surface area contributed by atoms with Crippen molar-refractivity contribution in [1.29, 1.82) is 0 Å². The second kappa shape index (κ2) is 6.80. The summed E-state index contributed by atoms with van der Waals surface area (Å²) in [6.45, 7) is 1.03. The highest BCUT2D eigenvalue weighted by molar-refractivity contribution is 5.39. The number of nitrogens with one attached hydrogen (secondary N) is 1. The third kappa shape index (κ3) is 3.58. The van der Waals surface area contributed by atoms with Crippen molar-refractivity contribution in [3.8, 4) is 5.75 Å². The molecule has 116 valence electrons. The average Bonchev–Trinajstić information content (AvgIpc) is 2.52. The fraction of sp³-hybridized carbons (Fsp3) is 0.667. The zero-order valence-electron chi connectivity index (χ0n) is 13.0. The zero-order valence-corrected chi connectivity index (χ0v) is 13.0. The Kier molecular flexibility index (Phi) is 4.81. The standard InChI is InChI=1S/C18H27NO2/c1-21-16-9-8-14-5-3-7-18(17(14)11-16)19-12-13-4-2-6-15(20)10-13/h8-9,11,13,15,18-20H,2-7,10,12H2,1H3. The second-order valence-corrected chi connectivity index (χ2v) is 6.60. The van der Waals surface area contributed by atoms with Gasteiger partial charge >= 0.3 is 0 Å². The smallest absolute Gasteiger partial charge is 0.119 e. The van der Waals surface area contributed by atoms with Crippen LogP contribution in [-0.2, 0) is 6.42 Å². The van der Waals surface area contributed by atoms with Gasteiger partial charge in [-0.25, -0.2) is 0 Å². The molecule has 2 N–H and O–H groups in total. The van der Waals surface area contributed by atoms with Crippen LogP contribution in [0.1, 0.15) is 55.7 Å². The van der Waals surface area contributed by atoms with E-state index in [9.17, 15) is 5.11 Å². The molecule has 3 nitrogen and oxygen atoms in total. The maximum absolute atomic E-state index is 9.80. The zero-order chi connectivity index (χ0) is 14.7. The van der Waals surface area contributed by atoms with Crippen molar-refractivity contribution in [2.45, 2.75) is 57.1 Å². The lowest BCUT2D eigenvalue weighted by Crippen LogP contribution is -2.33. The first-order chi connectivity index (χ1) is 10.3. The Hall–Kier alpha value is -1.06. The second-order valence-electron chi connectivity index (χ2n) is 6.60. The van der Waals surface area contributed by atoms with Gasteiger partial charge in [-0.2, -0.15) is 0 Å². The van der Waals surface area contributed by atoms with Crippen LogP contribution in [0.2, 0.25) is 0 Å². The van der Waals surface area contributed by atoms with Gasteiger partial charge in [-0.1, -0.05) is 12.5 Å². The first-order valence-electron chi connectivity index (χ1n) is 8.34. The monoisotopic (exact) mass is 289 g/mol. The Morgan fingerprint density at radius 2 is 2.14 bits per heavy atom. The van der Waals surface area contributed by atoms with Gasteiger partial charge in [0.25, 0.3) is 0 Å². The Morgan fingerprint density at radius 1 is 1.24 bits per heavy atom. The van der Waals surface area contributed by atoms with E-state index in [1.54, 1.807) is 7.11 Å². The van der Waals surface area contributed by atoms with Crippen LogP contribution in [0.5, 0.6) is 5.75 Å². The van der Waals surface area contributed by atoms with E-state index >= 15 is 0 Å². The minimum Gasteiger partial charge on any atom is -0.497 e. The summed E-state index contributed by atoms with van der Waals surface area (Å²) in [5.41, 5.74) is 2.88. The summed E-state index contributed by atoms with van der Waals surface area (Å²) < 4.78 is 5.38. The van der Waals surface area contributed by atoms with Gasteiger partial charge in [0, 0.05) is 6.04 Å². The predicted molar refractivity (Wildman–Crippen MR) is 84.6 cm³/mol. The summed E-state index contributed by atoms with van der Waals surface area (Å²) in [5.74, 6) is 1.58. The van der Waals surface area contributed by atoms with Gasteiger partial charge in [-0.3, -0.25) is 0 Å². The fourth-order valence-corrected chi connectivity index (χ4v) is 3.87. The van der Waals surface area contributed by atoms with Gasteiger partial charge in [-0.15, -0.1) is 0 Å². The number of rotatable bonds is 4. The highest BCUT2D eigenvalue weighted by Gasteiger charge is 2.24. The van der Waals surface area contributed by atoms with Crippen molar-refractivity contribution < 1.29 is 9.84 Å². The molecule has 0 aromatic heterocycles. The molecule has 21 heavy (non-hydrogen) atoms. The highest BCUT2D eigenvalue weighted by atomic mass is 16.5. The van der Waals surface area contributed by atoms with E-state index < -0.39 is 0 Å². The molecular weight excluding hydrogens is 262 g/mol. The van der Waals surface area contributed by atoms with Crippen LogP contribution < -0.4 is 10.1 Å². The van der Waals surface area contributed by atoms with Crippen LogP contribution in [0.3, 0.4) is 0 Å². The third-order valence-electron chi connectivity index (χ3n) is 5.08. The summed E-state index contributed by atoms with van der Waals surface area (Å²) >= 11 is 0. The predicted octanol–water partition coefficient (Wildman–Crippen LogP) is 3.21. The lowest BCUT2D eigenvalue weighted by Gasteiger charge is -2.31. The first kappa shape index (κ1) is 14.9.